The molecular formula is C19H29N3O2. The molecule has 1 aromatic rings. The van der Waals surface area contributed by atoms with Gasteiger partial charge in [-0.2, -0.15) is 0 Å². The normalized spacial score (nSPS) is 15.9. The van der Waals surface area contributed by atoms with Crippen LogP contribution in [0.5, 0.6) is 0 Å². The molecule has 0 saturated carbocycles. The number of anilines is 1. The number of amides is 2. The monoisotopic (exact) mass is 331 g/mol. The van der Waals surface area contributed by atoms with E-state index in [0.29, 0.717) is 25.2 Å². The van der Waals surface area contributed by atoms with Crippen molar-refractivity contribution in [2.24, 2.45) is 5.41 Å². The number of carbonyl (C=O) groups is 2. The number of hydrogen-bond acceptors (Lipinski definition) is 3. The molecule has 1 saturated heterocycles. The second-order valence-electron chi connectivity index (χ2n) is 7.63. The summed E-state index contributed by atoms with van der Waals surface area (Å²) in [7, 11) is 3.96. The molecule has 0 N–H and O–H groups in total. The van der Waals surface area contributed by atoms with Crippen molar-refractivity contribution < 1.29 is 9.59 Å². The van der Waals surface area contributed by atoms with Gasteiger partial charge in [0.2, 0.25) is 5.91 Å². The van der Waals surface area contributed by atoms with Gasteiger partial charge in [-0.15, -0.1) is 0 Å². The molecule has 1 aromatic carbocycles. The minimum absolute atomic E-state index is 0.0466. The smallest absolute Gasteiger partial charge is 0.253 e. The van der Waals surface area contributed by atoms with Crippen LogP contribution in [0.4, 0.5) is 5.69 Å². The van der Waals surface area contributed by atoms with Crippen LogP contribution < -0.4 is 4.90 Å². The van der Waals surface area contributed by atoms with Crippen molar-refractivity contribution in [2.75, 3.05) is 45.2 Å². The van der Waals surface area contributed by atoms with Gasteiger partial charge in [0.15, 0.2) is 0 Å². The average Bonchev–Trinajstić information content (AvgIpc) is 2.78. The van der Waals surface area contributed by atoms with Gasteiger partial charge < -0.3 is 14.7 Å². The van der Waals surface area contributed by atoms with E-state index in [9.17, 15) is 9.59 Å². The summed E-state index contributed by atoms with van der Waals surface area (Å²) in [5.74, 6) is 0.206. The Morgan fingerprint density at radius 1 is 0.917 bits per heavy atom. The first-order valence-corrected chi connectivity index (χ1v) is 8.56. The summed E-state index contributed by atoms with van der Waals surface area (Å²) in [4.78, 5) is 30.9. The van der Waals surface area contributed by atoms with Crippen molar-refractivity contribution in [2.45, 2.75) is 27.2 Å². The number of hydrogen-bond donors (Lipinski definition) is 0. The molecule has 0 aromatic heterocycles. The fraction of sp³-hybridized carbons (Fsp3) is 0.579. The fourth-order valence-corrected chi connectivity index (χ4v) is 2.88. The van der Waals surface area contributed by atoms with Crippen LogP contribution in [0, 0.1) is 5.41 Å². The van der Waals surface area contributed by atoms with Gasteiger partial charge in [0.05, 0.1) is 0 Å². The van der Waals surface area contributed by atoms with Crippen molar-refractivity contribution in [3.63, 3.8) is 0 Å². The second kappa shape index (κ2) is 7.24. The molecule has 1 fully saturated rings. The molecule has 0 aliphatic carbocycles. The Morgan fingerprint density at radius 3 is 2.00 bits per heavy atom. The lowest BCUT2D eigenvalue weighted by atomic mass is 9.94. The molecule has 132 valence electrons. The minimum atomic E-state index is -0.374. The first-order chi connectivity index (χ1) is 11.2. The Bertz CT molecular complexity index is 588. The van der Waals surface area contributed by atoms with E-state index in [1.165, 1.54) is 0 Å². The first-order valence-electron chi connectivity index (χ1n) is 8.56. The third kappa shape index (κ3) is 4.28. The van der Waals surface area contributed by atoms with Crippen molar-refractivity contribution in [1.82, 2.24) is 9.80 Å². The fourth-order valence-electron chi connectivity index (χ4n) is 2.88. The maximum absolute atomic E-state index is 12.7. The van der Waals surface area contributed by atoms with Crippen LogP contribution in [-0.4, -0.2) is 61.9 Å². The van der Waals surface area contributed by atoms with Gasteiger partial charge >= 0.3 is 0 Å². The molecule has 0 unspecified atom stereocenters. The second-order valence-corrected chi connectivity index (χ2v) is 7.63. The Hall–Kier alpha value is -2.04. The number of rotatable bonds is 2. The highest BCUT2D eigenvalue weighted by atomic mass is 16.2. The lowest BCUT2D eigenvalue weighted by Crippen LogP contribution is -2.42. The standard InChI is InChI=1S/C19H29N3O2/c1-19(2,3)18(24)22-12-6-11-21(13-14-22)17(23)15-7-9-16(10-8-15)20(4)5/h7-10H,6,11-14H2,1-5H3. The van der Waals surface area contributed by atoms with Crippen LogP contribution in [0.1, 0.15) is 37.6 Å². The minimum Gasteiger partial charge on any atom is -0.378 e. The Kier molecular flexibility index (Phi) is 5.52. The van der Waals surface area contributed by atoms with E-state index in [1.807, 2.05) is 73.8 Å². The van der Waals surface area contributed by atoms with Crippen molar-refractivity contribution in [3.8, 4) is 0 Å². The SMILES string of the molecule is CN(C)c1ccc(C(=O)N2CCCN(C(=O)C(C)(C)C)CC2)cc1. The highest BCUT2D eigenvalue weighted by molar-refractivity contribution is 5.94. The molecular weight excluding hydrogens is 302 g/mol. The maximum Gasteiger partial charge on any atom is 0.253 e. The molecule has 1 aliphatic heterocycles. The largest absolute Gasteiger partial charge is 0.378 e. The maximum atomic E-state index is 12.7. The lowest BCUT2D eigenvalue weighted by Gasteiger charge is -2.28. The van der Waals surface area contributed by atoms with Gasteiger partial charge in [0.25, 0.3) is 5.91 Å². The van der Waals surface area contributed by atoms with E-state index in [1.54, 1.807) is 0 Å². The Balaban J connectivity index is 2.03. The molecule has 0 bridgehead atoms. The Morgan fingerprint density at radius 2 is 1.46 bits per heavy atom. The topological polar surface area (TPSA) is 43.9 Å². The molecule has 2 rings (SSSR count). The van der Waals surface area contributed by atoms with Gasteiger partial charge in [-0.05, 0) is 30.7 Å². The van der Waals surface area contributed by atoms with Gasteiger partial charge in [-0.3, -0.25) is 9.59 Å². The molecule has 1 aliphatic rings. The quantitative estimate of drug-likeness (QED) is 0.836. The third-order valence-electron chi connectivity index (χ3n) is 4.34. The van der Waals surface area contributed by atoms with E-state index < -0.39 is 0 Å². The molecule has 0 radical (unpaired) electrons. The predicted molar refractivity (Wildman–Crippen MR) is 97.3 cm³/mol. The van der Waals surface area contributed by atoms with Crippen LogP contribution in [0.15, 0.2) is 24.3 Å². The van der Waals surface area contributed by atoms with Gasteiger partial charge in [-0.1, -0.05) is 20.8 Å². The van der Waals surface area contributed by atoms with Crippen LogP contribution in [0.2, 0.25) is 0 Å². The number of nitrogens with zero attached hydrogens (tertiary/aromatic N) is 3. The molecule has 2 amide bonds. The zero-order valence-corrected chi connectivity index (χ0v) is 15.5. The number of benzene rings is 1. The van der Waals surface area contributed by atoms with Crippen LogP contribution >= 0.6 is 0 Å². The summed E-state index contributed by atoms with van der Waals surface area (Å²) >= 11 is 0. The van der Waals surface area contributed by atoms with Crippen LogP contribution in [0.3, 0.4) is 0 Å². The summed E-state index contributed by atoms with van der Waals surface area (Å²) in [6.07, 6.45) is 0.823. The third-order valence-corrected chi connectivity index (χ3v) is 4.34. The van der Waals surface area contributed by atoms with Crippen molar-refractivity contribution in [3.05, 3.63) is 29.8 Å². The first kappa shape index (κ1) is 18.3. The summed E-state index contributed by atoms with van der Waals surface area (Å²) in [5.41, 5.74) is 1.40. The van der Waals surface area contributed by atoms with Gasteiger partial charge in [0.1, 0.15) is 0 Å². The van der Waals surface area contributed by atoms with Crippen LogP contribution in [0.25, 0.3) is 0 Å². The molecule has 24 heavy (non-hydrogen) atoms. The predicted octanol–water partition coefficient (Wildman–Crippen LogP) is 2.47. The molecule has 5 nitrogen and oxygen atoms in total. The molecule has 5 heteroatoms. The zero-order chi connectivity index (χ0) is 17.9. The summed E-state index contributed by atoms with van der Waals surface area (Å²) < 4.78 is 0. The van der Waals surface area contributed by atoms with Gasteiger partial charge in [-0.25, -0.2) is 0 Å². The van der Waals surface area contributed by atoms with Crippen LogP contribution in [-0.2, 0) is 4.79 Å². The van der Waals surface area contributed by atoms with E-state index in [2.05, 4.69) is 0 Å². The van der Waals surface area contributed by atoms with E-state index >= 15 is 0 Å². The van der Waals surface area contributed by atoms with E-state index in [-0.39, 0.29) is 17.2 Å². The summed E-state index contributed by atoms with van der Waals surface area (Å²) in [6.45, 7) is 8.44. The van der Waals surface area contributed by atoms with Crippen molar-refractivity contribution >= 4 is 17.5 Å². The number of carbonyl (C=O) groups excluding carboxylic acids is 2. The highest BCUT2D eigenvalue weighted by Gasteiger charge is 2.29. The Labute approximate surface area is 145 Å². The zero-order valence-electron chi connectivity index (χ0n) is 15.5. The molecule has 1 heterocycles. The summed E-state index contributed by atoms with van der Waals surface area (Å²) in [5, 5.41) is 0. The highest BCUT2D eigenvalue weighted by Crippen LogP contribution is 2.20. The molecule has 0 atom stereocenters. The lowest BCUT2D eigenvalue weighted by molar-refractivity contribution is -0.139. The van der Waals surface area contributed by atoms with Crippen molar-refractivity contribution in [1.29, 1.82) is 0 Å². The average molecular weight is 331 g/mol. The van der Waals surface area contributed by atoms with Gasteiger partial charge in [0, 0.05) is 56.9 Å². The summed E-state index contributed by atoms with van der Waals surface area (Å²) in [6, 6.07) is 7.67. The molecule has 0 spiro atoms. The van der Waals surface area contributed by atoms with E-state index in [0.717, 1.165) is 18.7 Å². The van der Waals surface area contributed by atoms with E-state index in [4.69, 9.17) is 0 Å².